The molecular weight excluding hydrogens is 328 g/mol. The van der Waals surface area contributed by atoms with Gasteiger partial charge in [-0.25, -0.2) is 0 Å². The molecule has 7 nitrogen and oxygen atoms in total. The van der Waals surface area contributed by atoms with E-state index in [1.54, 1.807) is 0 Å². The number of rotatable bonds is 4. The van der Waals surface area contributed by atoms with E-state index in [2.05, 4.69) is 47.8 Å². The average molecular weight is 358 g/mol. The molecule has 0 spiro atoms. The SMILES string of the molecule is CN(CC1(O)CCCC1)C1CN(c2ccc3nnc(C(C)(C)C)n3n2)C1. The third-order valence-corrected chi connectivity index (χ3v) is 5.81. The number of likely N-dealkylation sites (N-methyl/N-ethyl adjacent to an activating group) is 1. The quantitative estimate of drug-likeness (QED) is 0.899. The summed E-state index contributed by atoms with van der Waals surface area (Å²) in [6.45, 7) is 9.04. The van der Waals surface area contributed by atoms with Gasteiger partial charge in [0.1, 0.15) is 5.82 Å². The molecule has 2 fully saturated rings. The predicted molar refractivity (Wildman–Crippen MR) is 102 cm³/mol. The second-order valence-electron chi connectivity index (χ2n) is 9.14. The van der Waals surface area contributed by atoms with E-state index in [1.165, 1.54) is 0 Å². The van der Waals surface area contributed by atoms with Crippen LogP contribution in [0.4, 0.5) is 5.82 Å². The molecule has 0 radical (unpaired) electrons. The normalized spacial score (nSPS) is 20.9. The fraction of sp³-hybridized carbons (Fsp3) is 0.737. The van der Waals surface area contributed by atoms with Gasteiger partial charge >= 0.3 is 0 Å². The molecule has 0 atom stereocenters. The number of hydrogen-bond acceptors (Lipinski definition) is 6. The van der Waals surface area contributed by atoms with Crippen LogP contribution in [0.1, 0.15) is 52.3 Å². The Morgan fingerprint density at radius 1 is 1.19 bits per heavy atom. The standard InChI is InChI=1S/C19H30N6O/c1-18(2,3)17-21-20-15-7-8-16(22-25(15)17)24-11-14(12-24)23(4)13-19(26)9-5-6-10-19/h7-8,14,26H,5-6,9-13H2,1-4H3. The molecule has 2 aliphatic rings. The highest BCUT2D eigenvalue weighted by Gasteiger charge is 2.37. The van der Waals surface area contributed by atoms with Gasteiger partial charge < -0.3 is 10.0 Å². The second kappa shape index (κ2) is 6.16. The minimum absolute atomic E-state index is 0.0978. The topological polar surface area (TPSA) is 69.8 Å². The third-order valence-electron chi connectivity index (χ3n) is 5.81. The van der Waals surface area contributed by atoms with Crippen LogP contribution in [-0.2, 0) is 5.41 Å². The molecule has 1 aliphatic carbocycles. The van der Waals surface area contributed by atoms with Crippen molar-refractivity contribution in [1.29, 1.82) is 0 Å². The van der Waals surface area contributed by atoms with E-state index < -0.39 is 5.60 Å². The van der Waals surface area contributed by atoms with Crippen LogP contribution >= 0.6 is 0 Å². The van der Waals surface area contributed by atoms with Crippen LogP contribution in [0.2, 0.25) is 0 Å². The monoisotopic (exact) mass is 358 g/mol. The molecule has 2 aromatic rings. The van der Waals surface area contributed by atoms with E-state index in [4.69, 9.17) is 5.10 Å². The minimum Gasteiger partial charge on any atom is -0.389 e. The highest BCUT2D eigenvalue weighted by Crippen LogP contribution is 2.31. The summed E-state index contributed by atoms with van der Waals surface area (Å²) in [5.74, 6) is 1.85. The summed E-state index contributed by atoms with van der Waals surface area (Å²) in [5, 5.41) is 24.0. The van der Waals surface area contributed by atoms with E-state index in [0.717, 1.165) is 62.6 Å². The summed E-state index contributed by atoms with van der Waals surface area (Å²) >= 11 is 0. The van der Waals surface area contributed by atoms with Crippen LogP contribution in [0.3, 0.4) is 0 Å². The Morgan fingerprint density at radius 3 is 2.54 bits per heavy atom. The average Bonchev–Trinajstić information content (AvgIpc) is 3.11. The number of anilines is 1. The highest BCUT2D eigenvalue weighted by atomic mass is 16.3. The number of aromatic nitrogens is 4. The summed E-state index contributed by atoms with van der Waals surface area (Å²) in [6, 6.07) is 4.49. The second-order valence-corrected chi connectivity index (χ2v) is 9.14. The number of aliphatic hydroxyl groups is 1. The van der Waals surface area contributed by atoms with Crippen molar-refractivity contribution in [3.63, 3.8) is 0 Å². The molecule has 0 unspecified atom stereocenters. The molecule has 1 N–H and O–H groups in total. The Balaban J connectivity index is 1.43. The highest BCUT2D eigenvalue weighted by molar-refractivity contribution is 5.48. The van der Waals surface area contributed by atoms with Crippen molar-refractivity contribution in [3.8, 4) is 0 Å². The molecule has 2 aromatic heterocycles. The maximum Gasteiger partial charge on any atom is 0.178 e. The molecule has 0 bridgehead atoms. The van der Waals surface area contributed by atoms with Gasteiger partial charge in [0, 0.05) is 31.1 Å². The van der Waals surface area contributed by atoms with Crippen LogP contribution in [0.25, 0.3) is 5.65 Å². The molecule has 7 heteroatoms. The van der Waals surface area contributed by atoms with Crippen LogP contribution in [0.15, 0.2) is 12.1 Å². The zero-order valence-electron chi connectivity index (χ0n) is 16.3. The predicted octanol–water partition coefficient (Wildman–Crippen LogP) is 1.85. The van der Waals surface area contributed by atoms with Crippen molar-refractivity contribution in [3.05, 3.63) is 18.0 Å². The zero-order chi connectivity index (χ0) is 18.5. The molecule has 4 rings (SSSR count). The molecule has 0 amide bonds. The van der Waals surface area contributed by atoms with Gasteiger partial charge in [-0.3, -0.25) is 4.90 Å². The van der Waals surface area contributed by atoms with Gasteiger partial charge in [-0.15, -0.1) is 15.3 Å². The van der Waals surface area contributed by atoms with Gasteiger partial charge in [-0.2, -0.15) is 4.52 Å². The van der Waals surface area contributed by atoms with Crippen molar-refractivity contribution in [1.82, 2.24) is 24.7 Å². The molecule has 1 saturated heterocycles. The lowest BCUT2D eigenvalue weighted by atomic mass is 9.96. The molecule has 0 aromatic carbocycles. The maximum absolute atomic E-state index is 10.6. The first-order chi connectivity index (χ1) is 12.3. The Bertz CT molecular complexity index is 783. The molecule has 26 heavy (non-hydrogen) atoms. The van der Waals surface area contributed by atoms with Crippen molar-refractivity contribution < 1.29 is 5.11 Å². The molecule has 1 saturated carbocycles. The van der Waals surface area contributed by atoms with Gasteiger partial charge in [-0.05, 0) is 32.0 Å². The third kappa shape index (κ3) is 3.18. The van der Waals surface area contributed by atoms with Crippen molar-refractivity contribution in [2.45, 2.75) is 63.5 Å². The van der Waals surface area contributed by atoms with Gasteiger partial charge in [0.25, 0.3) is 0 Å². The smallest absolute Gasteiger partial charge is 0.178 e. The van der Waals surface area contributed by atoms with E-state index in [1.807, 2.05) is 16.6 Å². The summed E-state index contributed by atoms with van der Waals surface area (Å²) < 4.78 is 1.87. The Kier molecular flexibility index (Phi) is 4.19. The van der Waals surface area contributed by atoms with Crippen molar-refractivity contribution >= 4 is 11.5 Å². The largest absolute Gasteiger partial charge is 0.389 e. The maximum atomic E-state index is 10.6. The molecule has 1 aliphatic heterocycles. The summed E-state index contributed by atoms with van der Waals surface area (Å²) in [6.07, 6.45) is 4.19. The van der Waals surface area contributed by atoms with Crippen molar-refractivity contribution in [2.75, 3.05) is 31.6 Å². The lowest BCUT2D eigenvalue weighted by Gasteiger charge is -2.46. The minimum atomic E-state index is -0.476. The van der Waals surface area contributed by atoms with E-state index in [-0.39, 0.29) is 5.41 Å². The van der Waals surface area contributed by atoms with Crippen molar-refractivity contribution in [2.24, 2.45) is 0 Å². The Labute approximate surface area is 155 Å². The molecular formula is C19H30N6O. The van der Waals surface area contributed by atoms with Gasteiger partial charge in [0.2, 0.25) is 0 Å². The summed E-state index contributed by atoms with van der Waals surface area (Å²) in [5.41, 5.74) is 0.215. The van der Waals surface area contributed by atoms with Gasteiger partial charge in [0.05, 0.1) is 5.60 Å². The number of hydrogen-bond donors (Lipinski definition) is 1. The Hall–Kier alpha value is -1.73. The fourth-order valence-corrected chi connectivity index (χ4v) is 4.12. The van der Waals surface area contributed by atoms with Gasteiger partial charge in [-0.1, -0.05) is 33.6 Å². The molecule has 3 heterocycles. The number of nitrogens with zero attached hydrogens (tertiary/aromatic N) is 6. The van der Waals surface area contributed by atoms with Crippen LogP contribution in [0.5, 0.6) is 0 Å². The number of fused-ring (bicyclic) bond motifs is 1. The lowest BCUT2D eigenvalue weighted by molar-refractivity contribution is 0.00181. The lowest BCUT2D eigenvalue weighted by Crippen LogP contribution is -2.61. The van der Waals surface area contributed by atoms with Crippen LogP contribution < -0.4 is 4.90 Å². The molecule has 142 valence electrons. The summed E-state index contributed by atoms with van der Waals surface area (Å²) in [4.78, 5) is 4.60. The fourth-order valence-electron chi connectivity index (χ4n) is 4.12. The van der Waals surface area contributed by atoms with E-state index >= 15 is 0 Å². The van der Waals surface area contributed by atoms with Crippen LogP contribution in [0, 0.1) is 0 Å². The first-order valence-electron chi connectivity index (χ1n) is 9.66. The zero-order valence-corrected chi connectivity index (χ0v) is 16.3. The first kappa shape index (κ1) is 17.7. The van der Waals surface area contributed by atoms with E-state index in [9.17, 15) is 5.11 Å². The Morgan fingerprint density at radius 2 is 1.88 bits per heavy atom. The van der Waals surface area contributed by atoms with Gasteiger partial charge in [0.15, 0.2) is 11.5 Å². The van der Waals surface area contributed by atoms with Crippen LogP contribution in [-0.4, -0.2) is 68.1 Å². The summed E-state index contributed by atoms with van der Waals surface area (Å²) in [7, 11) is 2.13. The first-order valence-corrected chi connectivity index (χ1v) is 9.66. The van der Waals surface area contributed by atoms with E-state index in [0.29, 0.717) is 6.04 Å².